The molecule has 2 N–H and O–H groups in total. The van der Waals surface area contributed by atoms with Crippen LogP contribution in [0.4, 0.5) is 4.79 Å². The van der Waals surface area contributed by atoms with Crippen molar-refractivity contribution in [2.75, 3.05) is 7.05 Å². The molecule has 0 radical (unpaired) electrons. The zero-order valence-corrected chi connectivity index (χ0v) is 12.7. The molecular weight excluding hydrogens is 280 g/mol. The number of benzene rings is 2. The Bertz CT molecular complexity index is 597. The number of amides is 2. The van der Waals surface area contributed by atoms with Gasteiger partial charge in [0, 0.05) is 7.05 Å². The fraction of sp³-hybridized carbons (Fsp3) is 0.235. The monoisotopic (exact) mass is 300 g/mol. The minimum Gasteiger partial charge on any atom is -0.489 e. The number of carbonyl (C=O) groups excluding carboxylic acids is 1. The molecule has 2 aromatic rings. The molecule has 0 aliphatic rings. The Morgan fingerprint density at radius 3 is 2.41 bits per heavy atom. The number of carbonyl (C=O) groups is 1. The summed E-state index contributed by atoms with van der Waals surface area (Å²) in [4.78, 5) is 11.4. The van der Waals surface area contributed by atoms with E-state index < -0.39 is 6.03 Å². The molecule has 5 heteroatoms. The maximum absolute atomic E-state index is 11.4. The quantitative estimate of drug-likeness (QED) is 0.657. The second-order valence-electron chi connectivity index (χ2n) is 5.04. The summed E-state index contributed by atoms with van der Waals surface area (Å²) in [6, 6.07) is 16.7. The molecule has 2 amide bonds. The third-order valence-electron chi connectivity index (χ3n) is 3.26. The van der Waals surface area contributed by atoms with E-state index in [0.717, 1.165) is 16.9 Å². The lowest BCUT2D eigenvalue weighted by molar-refractivity contribution is -0.0192. The van der Waals surface area contributed by atoms with Gasteiger partial charge in [-0.15, -0.1) is 0 Å². The van der Waals surface area contributed by atoms with Crippen molar-refractivity contribution in [1.82, 2.24) is 10.4 Å². The minimum atomic E-state index is -0.545. The highest BCUT2D eigenvalue weighted by Crippen LogP contribution is 2.18. The molecule has 5 nitrogen and oxygen atoms in total. The van der Waals surface area contributed by atoms with E-state index in [1.54, 1.807) is 0 Å². The van der Waals surface area contributed by atoms with Crippen molar-refractivity contribution in [2.24, 2.45) is 0 Å². The Labute approximate surface area is 130 Å². The van der Waals surface area contributed by atoms with Crippen LogP contribution >= 0.6 is 0 Å². The third kappa shape index (κ3) is 4.49. The van der Waals surface area contributed by atoms with Crippen LogP contribution in [0.3, 0.4) is 0 Å². The Hall–Kier alpha value is -2.53. The van der Waals surface area contributed by atoms with Crippen LogP contribution in [-0.2, 0) is 6.61 Å². The van der Waals surface area contributed by atoms with E-state index in [1.165, 1.54) is 7.05 Å². The van der Waals surface area contributed by atoms with Gasteiger partial charge in [0.25, 0.3) is 0 Å². The summed E-state index contributed by atoms with van der Waals surface area (Å²) in [5, 5.41) is 12.2. The van der Waals surface area contributed by atoms with E-state index >= 15 is 0 Å². The summed E-state index contributed by atoms with van der Waals surface area (Å²) in [5.74, 6) is 0.769. The SMILES string of the molecule is CC(NC(=O)N(C)O)c1ccc(OCc2ccccc2)cc1. The predicted molar refractivity (Wildman–Crippen MR) is 83.7 cm³/mol. The Morgan fingerprint density at radius 2 is 1.82 bits per heavy atom. The largest absolute Gasteiger partial charge is 0.489 e. The van der Waals surface area contributed by atoms with Crippen LogP contribution in [0.25, 0.3) is 0 Å². The molecule has 0 saturated carbocycles. The van der Waals surface area contributed by atoms with E-state index in [-0.39, 0.29) is 6.04 Å². The van der Waals surface area contributed by atoms with Gasteiger partial charge in [0.05, 0.1) is 6.04 Å². The van der Waals surface area contributed by atoms with Gasteiger partial charge < -0.3 is 10.1 Å². The summed E-state index contributed by atoms with van der Waals surface area (Å²) in [5.41, 5.74) is 2.04. The van der Waals surface area contributed by atoms with Gasteiger partial charge in [-0.25, -0.2) is 9.86 Å². The molecule has 0 aliphatic carbocycles. The molecule has 1 unspecified atom stereocenters. The normalized spacial score (nSPS) is 11.6. The maximum atomic E-state index is 11.4. The molecule has 0 fully saturated rings. The lowest BCUT2D eigenvalue weighted by Gasteiger charge is -2.17. The molecule has 116 valence electrons. The van der Waals surface area contributed by atoms with Gasteiger partial charge in [0.1, 0.15) is 12.4 Å². The zero-order chi connectivity index (χ0) is 15.9. The molecule has 0 aliphatic heterocycles. The summed E-state index contributed by atoms with van der Waals surface area (Å²) in [7, 11) is 1.28. The van der Waals surface area contributed by atoms with E-state index in [4.69, 9.17) is 9.94 Å². The van der Waals surface area contributed by atoms with Crippen LogP contribution in [0, 0.1) is 0 Å². The Balaban J connectivity index is 1.91. The fourth-order valence-corrected chi connectivity index (χ4v) is 1.96. The smallest absolute Gasteiger partial charge is 0.341 e. The molecule has 0 heterocycles. The highest BCUT2D eigenvalue weighted by atomic mass is 16.5. The van der Waals surface area contributed by atoms with Gasteiger partial charge in [-0.1, -0.05) is 42.5 Å². The minimum absolute atomic E-state index is 0.203. The molecule has 0 spiro atoms. The predicted octanol–water partition coefficient (Wildman–Crippen LogP) is 3.36. The Kier molecular flexibility index (Phi) is 5.38. The first-order valence-electron chi connectivity index (χ1n) is 7.06. The molecule has 22 heavy (non-hydrogen) atoms. The second kappa shape index (κ2) is 7.47. The molecule has 0 bridgehead atoms. The van der Waals surface area contributed by atoms with Crippen molar-refractivity contribution in [3.8, 4) is 5.75 Å². The number of urea groups is 1. The maximum Gasteiger partial charge on any atom is 0.341 e. The van der Waals surface area contributed by atoms with Crippen molar-refractivity contribution in [3.05, 3.63) is 65.7 Å². The Morgan fingerprint density at radius 1 is 1.18 bits per heavy atom. The van der Waals surface area contributed by atoms with Crippen molar-refractivity contribution in [3.63, 3.8) is 0 Å². The zero-order valence-electron chi connectivity index (χ0n) is 12.7. The van der Waals surface area contributed by atoms with E-state index in [2.05, 4.69) is 5.32 Å². The van der Waals surface area contributed by atoms with Crippen molar-refractivity contribution >= 4 is 6.03 Å². The van der Waals surface area contributed by atoms with E-state index in [9.17, 15) is 4.79 Å². The van der Waals surface area contributed by atoms with E-state index in [1.807, 2.05) is 61.5 Å². The number of hydrogen-bond acceptors (Lipinski definition) is 3. The van der Waals surface area contributed by atoms with Crippen LogP contribution in [0.1, 0.15) is 24.1 Å². The molecule has 0 saturated heterocycles. The lowest BCUT2D eigenvalue weighted by atomic mass is 10.1. The van der Waals surface area contributed by atoms with Gasteiger partial charge in [-0.3, -0.25) is 5.21 Å². The summed E-state index contributed by atoms with van der Waals surface area (Å²) < 4.78 is 5.71. The van der Waals surface area contributed by atoms with Crippen LogP contribution in [-0.4, -0.2) is 23.3 Å². The highest BCUT2D eigenvalue weighted by molar-refractivity contribution is 5.73. The summed E-state index contributed by atoms with van der Waals surface area (Å²) in [6.07, 6.45) is 0. The fourth-order valence-electron chi connectivity index (χ4n) is 1.96. The second-order valence-corrected chi connectivity index (χ2v) is 5.04. The van der Waals surface area contributed by atoms with E-state index in [0.29, 0.717) is 11.7 Å². The first kappa shape index (κ1) is 15.9. The average Bonchev–Trinajstić information content (AvgIpc) is 2.54. The van der Waals surface area contributed by atoms with Gasteiger partial charge in [0.15, 0.2) is 0 Å². The number of hydroxylamine groups is 2. The van der Waals surface area contributed by atoms with Crippen molar-refractivity contribution in [2.45, 2.75) is 19.6 Å². The van der Waals surface area contributed by atoms with Crippen LogP contribution in [0.15, 0.2) is 54.6 Å². The number of hydrogen-bond donors (Lipinski definition) is 2. The highest BCUT2D eigenvalue weighted by Gasteiger charge is 2.11. The number of nitrogens with zero attached hydrogens (tertiary/aromatic N) is 1. The molecule has 2 rings (SSSR count). The number of rotatable bonds is 5. The number of nitrogens with one attached hydrogen (secondary N) is 1. The molecule has 2 aromatic carbocycles. The standard InChI is InChI=1S/C17H20N2O3/c1-13(18-17(20)19(2)21)15-8-10-16(11-9-15)22-12-14-6-4-3-5-7-14/h3-11,13,21H,12H2,1-2H3,(H,18,20). The summed E-state index contributed by atoms with van der Waals surface area (Å²) >= 11 is 0. The first-order valence-corrected chi connectivity index (χ1v) is 7.06. The first-order chi connectivity index (χ1) is 10.6. The van der Waals surface area contributed by atoms with Crippen LogP contribution in [0.5, 0.6) is 5.75 Å². The third-order valence-corrected chi connectivity index (χ3v) is 3.26. The van der Waals surface area contributed by atoms with Crippen molar-refractivity contribution in [1.29, 1.82) is 0 Å². The van der Waals surface area contributed by atoms with Gasteiger partial charge in [-0.2, -0.15) is 0 Å². The average molecular weight is 300 g/mol. The molecular formula is C17H20N2O3. The van der Waals surface area contributed by atoms with Gasteiger partial charge >= 0.3 is 6.03 Å². The van der Waals surface area contributed by atoms with Gasteiger partial charge in [0.2, 0.25) is 0 Å². The van der Waals surface area contributed by atoms with Gasteiger partial charge in [-0.05, 0) is 30.2 Å². The van der Waals surface area contributed by atoms with Crippen LogP contribution < -0.4 is 10.1 Å². The molecule has 1 atom stereocenters. The topological polar surface area (TPSA) is 61.8 Å². The molecule has 0 aromatic heterocycles. The van der Waals surface area contributed by atoms with Crippen LogP contribution in [0.2, 0.25) is 0 Å². The number of ether oxygens (including phenoxy) is 1. The summed E-state index contributed by atoms with van der Waals surface area (Å²) in [6.45, 7) is 2.36. The lowest BCUT2D eigenvalue weighted by Crippen LogP contribution is -2.36. The van der Waals surface area contributed by atoms with Crippen molar-refractivity contribution < 1.29 is 14.7 Å².